The molecule has 2 unspecified atom stereocenters. The summed E-state index contributed by atoms with van der Waals surface area (Å²) in [5.41, 5.74) is -1.09. The summed E-state index contributed by atoms with van der Waals surface area (Å²) in [5.74, 6) is -3.48. The molecule has 2 heterocycles. The molecule has 2 aliphatic carbocycles. The molecule has 4 aliphatic rings. The van der Waals surface area contributed by atoms with Crippen molar-refractivity contribution in [1.29, 1.82) is 0 Å². The van der Waals surface area contributed by atoms with Crippen LogP contribution in [0.5, 0.6) is 0 Å². The van der Waals surface area contributed by atoms with Gasteiger partial charge in [-0.25, -0.2) is 18.0 Å². The molecule has 0 radical (unpaired) electrons. The number of anilines is 1. The second kappa shape index (κ2) is 4.62. The number of hydrogen-bond donors (Lipinski definition) is 2. The molecule has 118 valence electrons. The molecule has 2 aliphatic heterocycles. The van der Waals surface area contributed by atoms with Crippen molar-refractivity contribution in [3.8, 4) is 0 Å². The molecule has 2 N–H and O–H groups in total. The molecule has 22 heavy (non-hydrogen) atoms. The zero-order valence-corrected chi connectivity index (χ0v) is 11.7. The number of urea groups is 1. The molecule has 1 aromatic carbocycles. The Balaban J connectivity index is 1.49. The van der Waals surface area contributed by atoms with E-state index in [2.05, 4.69) is 10.6 Å². The van der Waals surface area contributed by atoms with Crippen LogP contribution < -0.4 is 10.6 Å². The molecule has 4 nitrogen and oxygen atoms in total. The minimum absolute atomic E-state index is 0.179. The van der Waals surface area contributed by atoms with Crippen molar-refractivity contribution in [3.05, 3.63) is 29.6 Å². The molecule has 4 fully saturated rings. The average molecular weight is 312 g/mol. The molecule has 1 aromatic rings. The highest BCUT2D eigenvalue weighted by molar-refractivity contribution is 5.89. The maximum absolute atomic E-state index is 13.6. The van der Waals surface area contributed by atoms with Gasteiger partial charge in [0.15, 0.2) is 17.5 Å². The van der Waals surface area contributed by atoms with Gasteiger partial charge in [-0.2, -0.15) is 0 Å². The fourth-order valence-corrected chi connectivity index (χ4v) is 4.21. The summed E-state index contributed by atoms with van der Waals surface area (Å²) in [7, 11) is 0. The number of nitrogens with one attached hydrogen (secondary N) is 2. The highest BCUT2D eigenvalue weighted by atomic mass is 19.2. The van der Waals surface area contributed by atoms with Gasteiger partial charge in [0.1, 0.15) is 5.72 Å². The molecule has 2 amide bonds. The summed E-state index contributed by atoms with van der Waals surface area (Å²) < 4.78 is 45.6. The molecule has 2 saturated carbocycles. The monoisotopic (exact) mass is 312 g/mol. The number of ether oxygens (including phenoxy) is 1. The fourth-order valence-electron chi connectivity index (χ4n) is 4.21. The molecular formula is C15H15F3N2O2. The predicted molar refractivity (Wildman–Crippen MR) is 71.5 cm³/mol. The van der Waals surface area contributed by atoms with Gasteiger partial charge in [-0.05, 0) is 43.7 Å². The van der Waals surface area contributed by atoms with Gasteiger partial charge in [-0.3, -0.25) is 0 Å². The van der Waals surface area contributed by atoms with Crippen molar-refractivity contribution in [2.45, 2.75) is 37.5 Å². The van der Waals surface area contributed by atoms with Gasteiger partial charge in [0.2, 0.25) is 0 Å². The van der Waals surface area contributed by atoms with Crippen molar-refractivity contribution >= 4 is 11.7 Å². The number of carbonyl (C=O) groups excluding carboxylic acids is 1. The van der Waals surface area contributed by atoms with Gasteiger partial charge in [0.05, 0.1) is 11.8 Å². The smallest absolute Gasteiger partial charge is 0.321 e. The zero-order valence-electron chi connectivity index (χ0n) is 11.7. The molecule has 5 rings (SSSR count). The summed E-state index contributed by atoms with van der Waals surface area (Å²) in [5, 5.41) is 5.00. The third-order valence-corrected chi connectivity index (χ3v) is 5.00. The number of halogens is 3. The minimum Gasteiger partial charge on any atom is -0.352 e. The van der Waals surface area contributed by atoms with E-state index in [1.807, 2.05) is 0 Å². The number of hydrogen-bond acceptors (Lipinski definition) is 2. The largest absolute Gasteiger partial charge is 0.352 e. The van der Waals surface area contributed by atoms with Crippen molar-refractivity contribution in [3.63, 3.8) is 0 Å². The van der Waals surface area contributed by atoms with Gasteiger partial charge in [0.25, 0.3) is 0 Å². The van der Waals surface area contributed by atoms with Crippen LogP contribution in [0.25, 0.3) is 0 Å². The van der Waals surface area contributed by atoms with Crippen LogP contribution >= 0.6 is 0 Å². The van der Waals surface area contributed by atoms with E-state index in [1.165, 1.54) is 0 Å². The Hall–Kier alpha value is -1.76. The van der Waals surface area contributed by atoms with Crippen LogP contribution in [-0.4, -0.2) is 17.9 Å². The molecule has 2 saturated heterocycles. The number of benzene rings is 1. The summed E-state index contributed by atoms with van der Waals surface area (Å²) in [4.78, 5) is 12.1. The van der Waals surface area contributed by atoms with Crippen molar-refractivity contribution in [1.82, 2.24) is 5.32 Å². The average Bonchev–Trinajstić information content (AvgIpc) is 2.83. The van der Waals surface area contributed by atoms with Crippen molar-refractivity contribution in [2.75, 3.05) is 5.32 Å². The van der Waals surface area contributed by atoms with E-state index < -0.39 is 34.9 Å². The second-order valence-electron chi connectivity index (χ2n) is 6.41. The van der Waals surface area contributed by atoms with Gasteiger partial charge >= 0.3 is 6.03 Å². The topological polar surface area (TPSA) is 50.4 Å². The Labute approximate surface area is 125 Å². The Kier molecular flexibility index (Phi) is 2.91. The van der Waals surface area contributed by atoms with Crippen molar-refractivity contribution < 1.29 is 22.7 Å². The van der Waals surface area contributed by atoms with E-state index in [9.17, 15) is 18.0 Å². The van der Waals surface area contributed by atoms with Crippen LogP contribution in [-0.2, 0) is 4.74 Å². The SMILES string of the molecule is O=C(Nc1ccc(F)c(F)c1F)N[C@]12CC3CC1C[C@@H](C3)O2. The van der Waals surface area contributed by atoms with E-state index in [-0.39, 0.29) is 12.0 Å². The quantitative estimate of drug-likeness (QED) is 0.824. The first-order chi connectivity index (χ1) is 10.5. The van der Waals surface area contributed by atoms with E-state index in [1.54, 1.807) is 0 Å². The van der Waals surface area contributed by atoms with Gasteiger partial charge in [-0.1, -0.05) is 0 Å². The molecule has 0 spiro atoms. The lowest BCUT2D eigenvalue weighted by Crippen LogP contribution is -2.52. The van der Waals surface area contributed by atoms with Gasteiger partial charge < -0.3 is 15.4 Å². The maximum Gasteiger partial charge on any atom is 0.321 e. The highest BCUT2D eigenvalue weighted by Crippen LogP contribution is 2.56. The lowest BCUT2D eigenvalue weighted by molar-refractivity contribution is -0.0924. The fraction of sp³-hybridized carbons (Fsp3) is 0.533. The van der Waals surface area contributed by atoms with Crippen LogP contribution in [0.1, 0.15) is 25.7 Å². The summed E-state index contributed by atoms with van der Waals surface area (Å²) in [6.45, 7) is 0. The van der Waals surface area contributed by atoms with Crippen LogP contribution in [0.15, 0.2) is 12.1 Å². The standard InChI is InChI=1S/C15H15F3N2O2/c16-10-1-2-11(13(18)12(10)17)19-14(21)20-15-6-7-3-8(15)5-9(4-7)22-15/h1-2,7-9H,3-6H2,(H2,19,20,21)/t7?,8?,9-,15+/m1/s1. The molecule has 0 aromatic heterocycles. The molecular weight excluding hydrogens is 297 g/mol. The van der Waals surface area contributed by atoms with E-state index >= 15 is 0 Å². The number of amides is 2. The van der Waals surface area contributed by atoms with Crippen LogP contribution in [0.3, 0.4) is 0 Å². The molecule has 4 atom stereocenters. The van der Waals surface area contributed by atoms with Crippen LogP contribution in [0.2, 0.25) is 0 Å². The van der Waals surface area contributed by atoms with Crippen LogP contribution in [0, 0.1) is 29.3 Å². The lowest BCUT2D eigenvalue weighted by Gasteiger charge is -2.34. The van der Waals surface area contributed by atoms with Gasteiger partial charge in [0, 0.05) is 5.92 Å². The van der Waals surface area contributed by atoms with E-state index in [0.717, 1.165) is 37.8 Å². The third kappa shape index (κ3) is 1.99. The maximum atomic E-state index is 13.6. The molecule has 7 heteroatoms. The zero-order chi connectivity index (χ0) is 15.5. The first-order valence-corrected chi connectivity index (χ1v) is 7.37. The Morgan fingerprint density at radius 1 is 1.18 bits per heavy atom. The Bertz CT molecular complexity index is 638. The highest BCUT2D eigenvalue weighted by Gasteiger charge is 2.60. The van der Waals surface area contributed by atoms with E-state index in [0.29, 0.717) is 5.92 Å². The molecule has 4 bridgehead atoms. The van der Waals surface area contributed by atoms with Crippen molar-refractivity contribution in [2.24, 2.45) is 11.8 Å². The normalized spacial score (nSPS) is 35.0. The lowest BCUT2D eigenvalue weighted by atomic mass is 9.88. The minimum atomic E-state index is -1.60. The van der Waals surface area contributed by atoms with Gasteiger partial charge in [-0.15, -0.1) is 0 Å². The van der Waals surface area contributed by atoms with Crippen LogP contribution in [0.4, 0.5) is 23.7 Å². The first-order valence-electron chi connectivity index (χ1n) is 7.37. The third-order valence-electron chi connectivity index (χ3n) is 5.00. The number of rotatable bonds is 2. The Morgan fingerprint density at radius 3 is 2.77 bits per heavy atom. The second-order valence-corrected chi connectivity index (χ2v) is 6.41. The first kappa shape index (κ1) is 13.9. The summed E-state index contributed by atoms with van der Waals surface area (Å²) in [6, 6.07) is 1.09. The summed E-state index contributed by atoms with van der Waals surface area (Å²) in [6.07, 6.45) is 3.91. The number of carbonyl (C=O) groups is 1. The Morgan fingerprint density at radius 2 is 2.00 bits per heavy atom. The van der Waals surface area contributed by atoms with E-state index in [4.69, 9.17) is 4.74 Å². The predicted octanol–water partition coefficient (Wildman–Crippen LogP) is 3.14. The summed E-state index contributed by atoms with van der Waals surface area (Å²) >= 11 is 0.